The number of hydrogen-bond acceptors (Lipinski definition) is 10. The van der Waals surface area contributed by atoms with Crippen LogP contribution in [0.15, 0.2) is 42.5 Å². The molecule has 5 heterocycles. The van der Waals surface area contributed by atoms with Gasteiger partial charge < -0.3 is 15.3 Å². The maximum absolute atomic E-state index is 15.7. The van der Waals surface area contributed by atoms with Gasteiger partial charge >= 0.3 is 6.18 Å². The molecule has 3 atom stereocenters. The number of nitrogens with zero attached hydrogens (tertiary/aromatic N) is 7. The molecule has 2 aliphatic rings. The van der Waals surface area contributed by atoms with Gasteiger partial charge in [0.15, 0.2) is 22.3 Å². The van der Waals surface area contributed by atoms with Crippen LogP contribution >= 0.6 is 11.3 Å². The van der Waals surface area contributed by atoms with Crippen molar-refractivity contribution in [2.75, 3.05) is 29.0 Å². The van der Waals surface area contributed by atoms with E-state index in [-0.39, 0.29) is 29.1 Å². The average molecular weight is 908 g/mol. The van der Waals surface area contributed by atoms with Gasteiger partial charge in [0, 0.05) is 54.2 Å². The molecule has 330 valence electrons. The van der Waals surface area contributed by atoms with Gasteiger partial charge in [-0.3, -0.25) is 18.9 Å². The number of carbonyl (C=O) groups is 1. The van der Waals surface area contributed by atoms with E-state index >= 15 is 8.78 Å². The molecule has 1 amide bonds. The van der Waals surface area contributed by atoms with E-state index in [9.17, 15) is 40.3 Å². The van der Waals surface area contributed by atoms with Crippen LogP contribution in [0.4, 0.5) is 41.7 Å². The summed E-state index contributed by atoms with van der Waals surface area (Å²) in [7, 11) is -2.22. The summed E-state index contributed by atoms with van der Waals surface area (Å²) in [6.45, 7) is 3.98. The highest BCUT2D eigenvalue weighted by atomic mass is 32.2. The number of pyridine rings is 1. The number of hydrogen-bond donors (Lipinski definition) is 3. The Bertz CT molecular complexity index is 2850. The van der Waals surface area contributed by atoms with Crippen LogP contribution in [0, 0.1) is 17.6 Å². The van der Waals surface area contributed by atoms with Crippen molar-refractivity contribution >= 4 is 59.5 Å². The molecule has 1 aliphatic carbocycles. The summed E-state index contributed by atoms with van der Waals surface area (Å²) in [4.78, 5) is 25.8. The van der Waals surface area contributed by atoms with Gasteiger partial charge in [-0.2, -0.15) is 37.1 Å². The maximum Gasteiger partial charge on any atom is 0.435 e. The highest BCUT2D eigenvalue weighted by molar-refractivity contribution is 7.92. The zero-order valence-corrected chi connectivity index (χ0v) is 35.4. The third-order valence-corrected chi connectivity index (χ3v) is 13.2. The molecule has 0 saturated carbocycles. The summed E-state index contributed by atoms with van der Waals surface area (Å²) < 4.78 is 133. The minimum absolute atomic E-state index is 0.00834. The van der Waals surface area contributed by atoms with E-state index < -0.39 is 86.6 Å². The van der Waals surface area contributed by atoms with Crippen molar-refractivity contribution in [1.82, 2.24) is 34.8 Å². The lowest BCUT2D eigenvalue weighted by atomic mass is 9.94. The summed E-state index contributed by atoms with van der Waals surface area (Å²) >= 11 is 1.29. The first-order chi connectivity index (χ1) is 28.9. The predicted octanol–water partition coefficient (Wildman–Crippen LogP) is 7.41. The summed E-state index contributed by atoms with van der Waals surface area (Å²) in [5, 5.41) is 22.1. The van der Waals surface area contributed by atoms with Gasteiger partial charge in [-0.05, 0) is 61.9 Å². The van der Waals surface area contributed by atoms with E-state index in [4.69, 9.17) is 9.97 Å². The highest BCUT2D eigenvalue weighted by Crippen LogP contribution is 2.55. The van der Waals surface area contributed by atoms with Crippen LogP contribution < -0.4 is 14.9 Å². The number of piperidine rings is 1. The number of para-hydroxylation sites is 1. The lowest BCUT2D eigenvalue weighted by molar-refractivity contribution is -0.143. The molecule has 4 aromatic heterocycles. The molecule has 0 radical (unpaired) electrons. The number of nitrogens with one attached hydrogen (secondary N) is 2. The first-order valence-electron chi connectivity index (χ1n) is 19.4. The molecule has 1 aliphatic heterocycles. The van der Waals surface area contributed by atoms with Crippen LogP contribution in [0.2, 0.25) is 0 Å². The topological polar surface area (TPSA) is 160 Å². The molecule has 13 nitrogen and oxygen atoms in total. The quantitative estimate of drug-likeness (QED) is 0.119. The maximum atomic E-state index is 15.7. The third-order valence-electron chi connectivity index (χ3n) is 11.6. The Balaban J connectivity index is 1.29. The van der Waals surface area contributed by atoms with Gasteiger partial charge in [-0.15, -0.1) is 0 Å². The molecule has 1 saturated heterocycles. The first-order valence-corrected chi connectivity index (χ1v) is 22.1. The number of aryl methyl sites for hydroxylation is 1. The van der Waals surface area contributed by atoms with Gasteiger partial charge in [-0.25, -0.2) is 22.2 Å². The van der Waals surface area contributed by atoms with Crippen molar-refractivity contribution in [3.05, 3.63) is 82.3 Å². The van der Waals surface area contributed by atoms with E-state index in [1.165, 1.54) is 22.9 Å². The van der Waals surface area contributed by atoms with Crippen molar-refractivity contribution in [3.8, 4) is 11.1 Å². The Morgan fingerprint density at radius 2 is 1.71 bits per heavy atom. The monoisotopic (exact) mass is 907 g/mol. The fourth-order valence-corrected chi connectivity index (χ4v) is 9.89. The van der Waals surface area contributed by atoms with Gasteiger partial charge in [0.2, 0.25) is 15.9 Å². The Hall–Kier alpha value is -5.35. The van der Waals surface area contributed by atoms with E-state index in [0.717, 1.165) is 25.3 Å². The molecule has 22 heteroatoms. The molecule has 1 unspecified atom stereocenters. The number of sulfonamides is 1. The standard InChI is InChI=1S/C40H40F7N9O4S2/c1-19-20(2)39(43,44)34-30(19)33(40(45,46)47)51-56(34)18-29(57)48-27(15-21-13-22(41)16-23(42)14-21)31-26(24-7-6-8-25-32(24)54(4)52-35(25)53-62(5,59)60)17-28-36(49-31)50-37(61-28)55-11-9-38(3,58)10-12-55/h6-8,13-14,16-17,19-20,27,58H,9-12,15,18H2,1-5H3,(H,48,57)(H,52,53)/t19-,20+,27?/m0/s1. The summed E-state index contributed by atoms with van der Waals surface area (Å²) in [5.41, 5.74) is -2.67. The molecule has 3 N–H and O–H groups in total. The second-order valence-corrected chi connectivity index (χ2v) is 19.1. The number of carbonyl (C=O) groups excluding carboxylic acids is 1. The number of halogens is 7. The van der Waals surface area contributed by atoms with E-state index in [1.807, 2.05) is 4.90 Å². The molecule has 0 bridgehead atoms. The molecule has 0 spiro atoms. The van der Waals surface area contributed by atoms with Crippen molar-refractivity contribution in [3.63, 3.8) is 0 Å². The number of rotatable bonds is 10. The number of thiazole rings is 1. The van der Waals surface area contributed by atoms with E-state index in [2.05, 4.69) is 20.2 Å². The predicted molar refractivity (Wildman–Crippen MR) is 217 cm³/mol. The van der Waals surface area contributed by atoms with Gasteiger partial charge in [0.05, 0.1) is 33.8 Å². The van der Waals surface area contributed by atoms with Crippen LogP contribution in [0.5, 0.6) is 0 Å². The Morgan fingerprint density at radius 1 is 1.03 bits per heavy atom. The van der Waals surface area contributed by atoms with Gasteiger partial charge in [-0.1, -0.05) is 37.3 Å². The van der Waals surface area contributed by atoms with Crippen molar-refractivity contribution in [1.29, 1.82) is 0 Å². The number of alkyl halides is 5. The van der Waals surface area contributed by atoms with Crippen LogP contribution in [-0.4, -0.2) is 73.9 Å². The van der Waals surface area contributed by atoms with Crippen LogP contribution in [0.1, 0.15) is 73.8 Å². The average Bonchev–Trinajstić information content (AvgIpc) is 3.88. The molecule has 62 heavy (non-hydrogen) atoms. The Kier molecular flexibility index (Phi) is 10.6. The van der Waals surface area contributed by atoms with E-state index in [1.54, 1.807) is 38.2 Å². The van der Waals surface area contributed by atoms with Crippen LogP contribution in [0.3, 0.4) is 0 Å². The highest BCUT2D eigenvalue weighted by Gasteiger charge is 2.57. The van der Waals surface area contributed by atoms with Crippen LogP contribution in [-0.2, 0) is 46.9 Å². The van der Waals surface area contributed by atoms with Crippen molar-refractivity contribution < 1.29 is 49.1 Å². The second kappa shape index (κ2) is 15.2. The van der Waals surface area contributed by atoms with Crippen LogP contribution in [0.25, 0.3) is 32.4 Å². The number of anilines is 2. The molecular formula is C40H40F7N9O4S2. The third kappa shape index (κ3) is 8.07. The largest absolute Gasteiger partial charge is 0.435 e. The Labute approximate surface area is 354 Å². The lowest BCUT2D eigenvalue weighted by Crippen LogP contribution is -2.42. The van der Waals surface area contributed by atoms with Crippen molar-refractivity contribution in [2.45, 2.75) is 76.2 Å². The summed E-state index contributed by atoms with van der Waals surface area (Å²) in [6.07, 6.45) is -3.58. The fraction of sp³-hybridized carbons (Fsp3) is 0.425. The fourth-order valence-electron chi connectivity index (χ4n) is 8.39. The molecule has 8 rings (SSSR count). The normalized spacial score (nSPS) is 19.3. The first kappa shape index (κ1) is 43.3. The SMILES string of the molecule is C[C@@H]1c2c(C(F)(F)F)nn(CC(=O)NC(Cc3cc(F)cc(F)c3)c3nc4nc(N5CCC(C)(O)CC5)sc4cc3-c3cccc4c(NS(C)(=O)=O)nn(C)c34)c2C(F)(F)[C@@H]1C. The Morgan fingerprint density at radius 3 is 2.35 bits per heavy atom. The van der Waals surface area contributed by atoms with Gasteiger partial charge in [0.1, 0.15) is 23.9 Å². The minimum Gasteiger partial charge on any atom is -0.390 e. The zero-order valence-electron chi connectivity index (χ0n) is 33.8. The molecule has 6 aromatic rings. The molecule has 2 aromatic carbocycles. The smallest absolute Gasteiger partial charge is 0.390 e. The van der Waals surface area contributed by atoms with Gasteiger partial charge in [0.25, 0.3) is 5.92 Å². The zero-order chi connectivity index (χ0) is 44.8. The number of amides is 1. The van der Waals surface area contributed by atoms with Crippen molar-refractivity contribution in [2.24, 2.45) is 13.0 Å². The molecular weight excluding hydrogens is 868 g/mol. The minimum atomic E-state index is -5.11. The number of aromatic nitrogens is 6. The second-order valence-electron chi connectivity index (χ2n) is 16.3. The molecule has 1 fully saturated rings. The lowest BCUT2D eigenvalue weighted by Gasteiger charge is -2.35. The summed E-state index contributed by atoms with van der Waals surface area (Å²) in [5.74, 6) is -9.51. The summed E-state index contributed by atoms with van der Waals surface area (Å²) in [6, 6.07) is 8.03. The number of fused-ring (bicyclic) bond motifs is 3. The number of benzene rings is 2. The number of aliphatic hydroxyl groups is 1. The van der Waals surface area contributed by atoms with E-state index in [0.29, 0.717) is 68.5 Å².